The van der Waals surface area contributed by atoms with Crippen molar-refractivity contribution in [2.24, 2.45) is 5.92 Å². The number of halogens is 2. The van der Waals surface area contributed by atoms with Crippen molar-refractivity contribution in [3.63, 3.8) is 0 Å². The zero-order valence-corrected chi connectivity index (χ0v) is 10.3. The quantitative estimate of drug-likeness (QED) is 0.828. The number of Topliss-reactive ketones (excluding diaryl/α,β-unsaturated/α-hetero) is 1. The molecule has 1 aromatic rings. The van der Waals surface area contributed by atoms with Gasteiger partial charge in [-0.05, 0) is 17.7 Å². The Morgan fingerprint density at radius 2 is 2.13 bits per heavy atom. The van der Waals surface area contributed by atoms with E-state index in [0.717, 1.165) is 17.1 Å². The second-order valence-corrected chi connectivity index (χ2v) is 5.53. The third kappa shape index (κ3) is 2.68. The van der Waals surface area contributed by atoms with Gasteiger partial charge in [-0.3, -0.25) is 4.79 Å². The first kappa shape index (κ1) is 11.3. The van der Waals surface area contributed by atoms with Crippen molar-refractivity contribution >= 4 is 40.7 Å². The number of benzene rings is 1. The van der Waals surface area contributed by atoms with E-state index in [2.05, 4.69) is 0 Å². The highest BCUT2D eigenvalue weighted by atomic mass is 35.5. The van der Waals surface area contributed by atoms with Gasteiger partial charge in [0.2, 0.25) is 0 Å². The van der Waals surface area contributed by atoms with Crippen LogP contribution in [-0.2, 0) is 11.2 Å². The molecule has 0 spiro atoms. The number of hydrogen-bond donors (Lipinski definition) is 0. The van der Waals surface area contributed by atoms with E-state index >= 15 is 0 Å². The minimum atomic E-state index is 0.238. The number of ketones is 1. The molecular weight excluding hydrogens is 251 g/mol. The van der Waals surface area contributed by atoms with E-state index in [1.54, 1.807) is 12.1 Å². The van der Waals surface area contributed by atoms with Crippen LogP contribution in [0.4, 0.5) is 0 Å². The summed E-state index contributed by atoms with van der Waals surface area (Å²) in [5, 5.41) is 1.19. The number of hydrogen-bond acceptors (Lipinski definition) is 2. The summed E-state index contributed by atoms with van der Waals surface area (Å²) in [5.74, 6) is 2.45. The van der Waals surface area contributed by atoms with Gasteiger partial charge in [-0.2, -0.15) is 11.8 Å². The maximum atomic E-state index is 11.7. The SMILES string of the molecule is O=C(Cc1ccc(Cl)cc1Cl)C1CSC1. The van der Waals surface area contributed by atoms with E-state index in [4.69, 9.17) is 23.2 Å². The van der Waals surface area contributed by atoms with Gasteiger partial charge in [0.05, 0.1) is 0 Å². The van der Waals surface area contributed by atoms with Gasteiger partial charge in [-0.25, -0.2) is 0 Å². The molecule has 1 aromatic carbocycles. The Morgan fingerprint density at radius 1 is 1.40 bits per heavy atom. The van der Waals surface area contributed by atoms with Gasteiger partial charge in [0.15, 0.2) is 0 Å². The molecule has 4 heteroatoms. The average molecular weight is 261 g/mol. The fraction of sp³-hybridized carbons (Fsp3) is 0.364. The van der Waals surface area contributed by atoms with Gasteiger partial charge in [0.1, 0.15) is 5.78 Å². The van der Waals surface area contributed by atoms with E-state index in [0.29, 0.717) is 16.5 Å². The van der Waals surface area contributed by atoms with Gasteiger partial charge < -0.3 is 0 Å². The topological polar surface area (TPSA) is 17.1 Å². The van der Waals surface area contributed by atoms with Crippen molar-refractivity contribution < 1.29 is 4.79 Å². The lowest BCUT2D eigenvalue weighted by atomic mass is 10.0. The van der Waals surface area contributed by atoms with Crippen molar-refractivity contribution in [3.05, 3.63) is 33.8 Å². The van der Waals surface area contributed by atoms with Crippen LogP contribution < -0.4 is 0 Å². The molecule has 1 saturated heterocycles. The molecule has 0 unspecified atom stereocenters. The maximum Gasteiger partial charge on any atom is 0.142 e. The molecule has 1 heterocycles. The number of rotatable bonds is 3. The molecule has 0 bridgehead atoms. The van der Waals surface area contributed by atoms with Crippen molar-refractivity contribution in [2.75, 3.05) is 11.5 Å². The minimum Gasteiger partial charge on any atom is -0.299 e. The van der Waals surface area contributed by atoms with Crippen molar-refractivity contribution in [1.82, 2.24) is 0 Å². The lowest BCUT2D eigenvalue weighted by Gasteiger charge is -2.23. The van der Waals surface area contributed by atoms with Crippen LogP contribution in [0.15, 0.2) is 18.2 Å². The molecule has 15 heavy (non-hydrogen) atoms. The van der Waals surface area contributed by atoms with Crippen LogP contribution in [0.3, 0.4) is 0 Å². The van der Waals surface area contributed by atoms with Crippen molar-refractivity contribution in [2.45, 2.75) is 6.42 Å². The summed E-state index contributed by atoms with van der Waals surface area (Å²) >= 11 is 13.6. The van der Waals surface area contributed by atoms with Crippen LogP contribution >= 0.6 is 35.0 Å². The van der Waals surface area contributed by atoms with E-state index in [9.17, 15) is 4.79 Å². The molecule has 80 valence electrons. The third-order valence-corrected chi connectivity index (χ3v) is 4.34. The Hall–Kier alpha value is -0.180. The lowest BCUT2D eigenvalue weighted by molar-refractivity contribution is -0.121. The first-order valence-corrected chi connectivity index (χ1v) is 6.62. The molecule has 1 nitrogen and oxygen atoms in total. The standard InChI is InChI=1S/C11H10Cl2OS/c12-9-2-1-7(10(13)4-9)3-11(14)8-5-15-6-8/h1-2,4,8H,3,5-6H2. The van der Waals surface area contributed by atoms with Crippen LogP contribution in [0, 0.1) is 5.92 Å². The van der Waals surface area contributed by atoms with Gasteiger partial charge in [0, 0.05) is 33.9 Å². The Kier molecular flexibility index (Phi) is 3.60. The fourth-order valence-electron chi connectivity index (χ4n) is 1.42. The fourth-order valence-corrected chi connectivity index (χ4v) is 2.74. The maximum absolute atomic E-state index is 11.7. The highest BCUT2D eigenvalue weighted by molar-refractivity contribution is 8.00. The highest BCUT2D eigenvalue weighted by Gasteiger charge is 2.26. The molecule has 0 amide bonds. The van der Waals surface area contributed by atoms with Crippen molar-refractivity contribution in [1.29, 1.82) is 0 Å². The molecule has 0 aromatic heterocycles. The average Bonchev–Trinajstić information content (AvgIpc) is 2.07. The number of thioether (sulfide) groups is 1. The zero-order chi connectivity index (χ0) is 10.8. The molecular formula is C11H10Cl2OS. The first-order valence-electron chi connectivity index (χ1n) is 4.71. The van der Waals surface area contributed by atoms with E-state index in [-0.39, 0.29) is 11.7 Å². The smallest absolute Gasteiger partial charge is 0.142 e. The van der Waals surface area contributed by atoms with E-state index in [1.807, 2.05) is 17.8 Å². The molecule has 1 aliphatic rings. The van der Waals surface area contributed by atoms with E-state index in [1.165, 1.54) is 0 Å². The van der Waals surface area contributed by atoms with Crippen LogP contribution in [0.2, 0.25) is 10.0 Å². The summed E-state index contributed by atoms with van der Waals surface area (Å²) in [4.78, 5) is 11.7. The van der Waals surface area contributed by atoms with Crippen LogP contribution in [0.1, 0.15) is 5.56 Å². The monoisotopic (exact) mass is 260 g/mol. The summed E-state index contributed by atoms with van der Waals surface area (Å²) < 4.78 is 0. The van der Waals surface area contributed by atoms with Gasteiger partial charge in [0.25, 0.3) is 0 Å². The van der Waals surface area contributed by atoms with Crippen molar-refractivity contribution in [3.8, 4) is 0 Å². The zero-order valence-electron chi connectivity index (χ0n) is 8.00. The van der Waals surface area contributed by atoms with E-state index < -0.39 is 0 Å². The summed E-state index contributed by atoms with van der Waals surface area (Å²) in [6.45, 7) is 0. The van der Waals surface area contributed by atoms with Gasteiger partial charge >= 0.3 is 0 Å². The second-order valence-electron chi connectivity index (χ2n) is 3.61. The largest absolute Gasteiger partial charge is 0.299 e. The molecule has 1 fully saturated rings. The highest BCUT2D eigenvalue weighted by Crippen LogP contribution is 2.28. The minimum absolute atomic E-state index is 0.238. The summed E-state index contributed by atoms with van der Waals surface area (Å²) in [6.07, 6.45) is 0.432. The first-order chi connectivity index (χ1) is 7.16. The third-order valence-electron chi connectivity index (χ3n) is 2.47. The predicted octanol–water partition coefficient (Wildman–Crippen LogP) is 3.47. The molecule has 0 atom stereocenters. The lowest BCUT2D eigenvalue weighted by Crippen LogP contribution is -2.28. The molecule has 0 N–H and O–H groups in total. The Morgan fingerprint density at radius 3 is 2.67 bits per heavy atom. The molecule has 2 rings (SSSR count). The Bertz CT molecular complexity index is 388. The molecule has 0 aliphatic carbocycles. The molecule has 1 aliphatic heterocycles. The number of carbonyl (C=O) groups excluding carboxylic acids is 1. The predicted molar refractivity (Wildman–Crippen MR) is 66.0 cm³/mol. The molecule has 0 radical (unpaired) electrons. The Labute approximate surface area is 103 Å². The molecule has 0 saturated carbocycles. The summed E-state index contributed by atoms with van der Waals surface area (Å²) in [5.41, 5.74) is 0.878. The van der Waals surface area contributed by atoms with Crippen LogP contribution in [0.25, 0.3) is 0 Å². The van der Waals surface area contributed by atoms with Crippen LogP contribution in [0.5, 0.6) is 0 Å². The number of carbonyl (C=O) groups is 1. The summed E-state index contributed by atoms with van der Waals surface area (Å²) in [7, 11) is 0. The van der Waals surface area contributed by atoms with Crippen LogP contribution in [-0.4, -0.2) is 17.3 Å². The Balaban J connectivity index is 2.06. The van der Waals surface area contributed by atoms with Gasteiger partial charge in [-0.1, -0.05) is 29.3 Å². The second kappa shape index (κ2) is 4.77. The normalized spacial score (nSPS) is 16.1. The summed E-state index contributed by atoms with van der Waals surface area (Å²) in [6, 6.07) is 5.28. The van der Waals surface area contributed by atoms with Gasteiger partial charge in [-0.15, -0.1) is 0 Å².